The molecule has 0 spiro atoms. The topological polar surface area (TPSA) is 101 Å². The third-order valence-corrected chi connectivity index (χ3v) is 4.15. The number of primary amides is 1. The molecule has 1 atom stereocenters. The summed E-state index contributed by atoms with van der Waals surface area (Å²) in [5.74, 6) is -0.485. The number of carbonyl (C=O) groups excluding carboxylic acids is 2. The Morgan fingerprint density at radius 2 is 2.17 bits per heavy atom. The molecule has 0 saturated carbocycles. The van der Waals surface area contributed by atoms with Gasteiger partial charge in [-0.3, -0.25) is 9.59 Å². The molecule has 1 aliphatic rings. The van der Waals surface area contributed by atoms with Crippen LogP contribution in [0.5, 0.6) is 0 Å². The molecule has 0 radical (unpaired) electrons. The molecule has 7 nitrogen and oxygen atoms in total. The number of imidazole rings is 1. The summed E-state index contributed by atoms with van der Waals surface area (Å²) < 4.78 is 1.64. The van der Waals surface area contributed by atoms with Crippen LogP contribution in [0.2, 0.25) is 0 Å². The van der Waals surface area contributed by atoms with E-state index in [9.17, 15) is 14.7 Å². The minimum Gasteiger partial charge on any atom is -0.391 e. The summed E-state index contributed by atoms with van der Waals surface area (Å²) in [6.45, 7) is 0.925. The number of hydrogen-bond acceptors (Lipinski definition) is 4. The first-order chi connectivity index (χ1) is 11.5. The largest absolute Gasteiger partial charge is 0.391 e. The van der Waals surface area contributed by atoms with Crippen molar-refractivity contribution in [2.45, 2.75) is 31.9 Å². The molecule has 1 aromatic heterocycles. The normalized spacial score (nSPS) is 14.7. The Bertz CT molecular complexity index is 756. The number of hydrogen-bond donors (Lipinski definition) is 2. The molecule has 2 amide bonds. The van der Waals surface area contributed by atoms with Crippen LogP contribution in [0, 0.1) is 0 Å². The van der Waals surface area contributed by atoms with Crippen LogP contribution in [0.25, 0.3) is 0 Å². The lowest BCUT2D eigenvalue weighted by molar-refractivity contribution is -0.117. The van der Waals surface area contributed by atoms with Crippen LogP contribution in [-0.2, 0) is 17.8 Å². The van der Waals surface area contributed by atoms with Gasteiger partial charge in [0, 0.05) is 25.0 Å². The highest BCUT2D eigenvalue weighted by atomic mass is 16.3. The van der Waals surface area contributed by atoms with Gasteiger partial charge in [0.15, 0.2) is 0 Å². The van der Waals surface area contributed by atoms with E-state index in [4.69, 9.17) is 5.73 Å². The number of aliphatic hydroxyl groups is 1. The second-order valence-electron chi connectivity index (χ2n) is 5.97. The Balaban J connectivity index is 1.49. The summed E-state index contributed by atoms with van der Waals surface area (Å²) >= 11 is 0. The summed E-state index contributed by atoms with van der Waals surface area (Å²) in [6, 6.07) is 7.78. The fourth-order valence-electron chi connectivity index (χ4n) is 2.97. The first-order valence-electron chi connectivity index (χ1n) is 7.92. The van der Waals surface area contributed by atoms with Crippen LogP contribution in [0.3, 0.4) is 0 Å². The molecule has 0 fully saturated rings. The average Bonchev–Trinajstić information content (AvgIpc) is 3.12. The molecule has 2 aromatic rings. The van der Waals surface area contributed by atoms with Crippen LogP contribution in [0.4, 0.5) is 5.69 Å². The van der Waals surface area contributed by atoms with E-state index in [0.29, 0.717) is 32.4 Å². The molecular formula is C17H20N4O3. The fraction of sp³-hybridized carbons (Fsp3) is 0.353. The SMILES string of the molecule is NC(=O)c1cn(C[C@@H](O)CCCN2C(=O)Cc3ccccc32)cn1. The van der Waals surface area contributed by atoms with Gasteiger partial charge in [-0.05, 0) is 24.5 Å². The van der Waals surface area contributed by atoms with Gasteiger partial charge < -0.3 is 20.3 Å². The zero-order chi connectivity index (χ0) is 17.1. The van der Waals surface area contributed by atoms with Crippen LogP contribution in [0.1, 0.15) is 28.9 Å². The van der Waals surface area contributed by atoms with Gasteiger partial charge in [-0.25, -0.2) is 4.98 Å². The minimum absolute atomic E-state index is 0.103. The quantitative estimate of drug-likeness (QED) is 0.781. The van der Waals surface area contributed by atoms with Crippen molar-refractivity contribution in [2.24, 2.45) is 5.73 Å². The first kappa shape index (κ1) is 16.2. The van der Waals surface area contributed by atoms with Crippen molar-refractivity contribution in [3.05, 3.63) is 48.0 Å². The molecule has 1 aromatic carbocycles. The second-order valence-corrected chi connectivity index (χ2v) is 5.97. The van der Waals surface area contributed by atoms with Crippen molar-refractivity contribution in [3.63, 3.8) is 0 Å². The van der Waals surface area contributed by atoms with Crippen LogP contribution >= 0.6 is 0 Å². The van der Waals surface area contributed by atoms with Gasteiger partial charge in [-0.15, -0.1) is 0 Å². The number of anilines is 1. The van der Waals surface area contributed by atoms with E-state index in [1.165, 1.54) is 12.5 Å². The number of aromatic nitrogens is 2. The van der Waals surface area contributed by atoms with Crippen molar-refractivity contribution in [2.75, 3.05) is 11.4 Å². The van der Waals surface area contributed by atoms with Crippen LogP contribution < -0.4 is 10.6 Å². The van der Waals surface area contributed by atoms with Gasteiger partial charge in [0.05, 0.1) is 18.9 Å². The third kappa shape index (κ3) is 3.46. The molecule has 126 valence electrons. The van der Waals surface area contributed by atoms with Crippen molar-refractivity contribution in [1.82, 2.24) is 9.55 Å². The summed E-state index contributed by atoms with van der Waals surface area (Å²) in [7, 11) is 0. The van der Waals surface area contributed by atoms with E-state index < -0.39 is 12.0 Å². The number of rotatable bonds is 7. The molecule has 3 rings (SSSR count). The summed E-state index contributed by atoms with van der Waals surface area (Å²) in [6.07, 6.45) is 4.11. The molecule has 0 aliphatic carbocycles. The highest BCUT2D eigenvalue weighted by molar-refractivity contribution is 6.01. The average molecular weight is 328 g/mol. The van der Waals surface area contributed by atoms with E-state index >= 15 is 0 Å². The Morgan fingerprint density at radius 1 is 1.38 bits per heavy atom. The zero-order valence-corrected chi connectivity index (χ0v) is 13.3. The van der Waals surface area contributed by atoms with E-state index in [1.807, 2.05) is 24.3 Å². The van der Waals surface area contributed by atoms with Crippen LogP contribution in [-0.4, -0.2) is 39.1 Å². The Kier molecular flexibility index (Phi) is 4.61. The van der Waals surface area contributed by atoms with Gasteiger partial charge in [-0.1, -0.05) is 18.2 Å². The second kappa shape index (κ2) is 6.84. The number of para-hydroxylation sites is 1. The van der Waals surface area contributed by atoms with E-state index in [0.717, 1.165) is 11.3 Å². The lowest BCUT2D eigenvalue weighted by Crippen LogP contribution is -2.28. The Morgan fingerprint density at radius 3 is 2.92 bits per heavy atom. The summed E-state index contributed by atoms with van der Waals surface area (Å²) in [5, 5.41) is 10.1. The maximum absolute atomic E-state index is 12.1. The van der Waals surface area contributed by atoms with E-state index in [1.54, 1.807) is 9.47 Å². The third-order valence-electron chi connectivity index (χ3n) is 4.15. The summed E-state index contributed by atoms with van der Waals surface area (Å²) in [4.78, 5) is 28.7. The predicted molar refractivity (Wildman–Crippen MR) is 88.5 cm³/mol. The molecule has 0 bridgehead atoms. The van der Waals surface area contributed by atoms with E-state index in [2.05, 4.69) is 4.98 Å². The van der Waals surface area contributed by atoms with Crippen molar-refractivity contribution < 1.29 is 14.7 Å². The van der Waals surface area contributed by atoms with E-state index in [-0.39, 0.29) is 11.6 Å². The standard InChI is InChI=1S/C17H20N4O3/c18-17(24)14-10-20(11-19-14)9-13(22)5-3-7-21-15-6-2-1-4-12(15)8-16(21)23/h1-2,4,6,10-11,13,22H,3,5,7-9H2,(H2,18,24)/t13-/m0/s1. The number of carbonyl (C=O) groups is 2. The lowest BCUT2D eigenvalue weighted by Gasteiger charge is -2.18. The zero-order valence-electron chi connectivity index (χ0n) is 13.3. The number of aliphatic hydroxyl groups excluding tert-OH is 1. The first-order valence-corrected chi connectivity index (χ1v) is 7.92. The number of nitrogens with zero attached hydrogens (tertiary/aromatic N) is 3. The Labute approximate surface area is 139 Å². The maximum atomic E-state index is 12.1. The van der Waals surface area contributed by atoms with Crippen molar-refractivity contribution >= 4 is 17.5 Å². The highest BCUT2D eigenvalue weighted by Crippen LogP contribution is 2.28. The number of amides is 2. The molecular weight excluding hydrogens is 308 g/mol. The van der Waals surface area contributed by atoms with Crippen molar-refractivity contribution in [1.29, 1.82) is 0 Å². The van der Waals surface area contributed by atoms with Crippen LogP contribution in [0.15, 0.2) is 36.8 Å². The highest BCUT2D eigenvalue weighted by Gasteiger charge is 2.26. The van der Waals surface area contributed by atoms with Gasteiger partial charge >= 0.3 is 0 Å². The molecule has 3 N–H and O–H groups in total. The fourth-order valence-corrected chi connectivity index (χ4v) is 2.97. The molecule has 24 heavy (non-hydrogen) atoms. The molecule has 0 unspecified atom stereocenters. The van der Waals surface area contributed by atoms with Gasteiger partial charge in [0.1, 0.15) is 5.69 Å². The lowest BCUT2D eigenvalue weighted by atomic mass is 10.1. The summed E-state index contributed by atoms with van der Waals surface area (Å²) in [5.41, 5.74) is 7.35. The number of fused-ring (bicyclic) bond motifs is 1. The Hall–Kier alpha value is -2.67. The van der Waals surface area contributed by atoms with Gasteiger partial charge in [-0.2, -0.15) is 0 Å². The monoisotopic (exact) mass is 328 g/mol. The molecule has 2 heterocycles. The molecule has 1 aliphatic heterocycles. The predicted octanol–water partition coefficient (Wildman–Crippen LogP) is 0.712. The van der Waals surface area contributed by atoms with Gasteiger partial charge in [0.25, 0.3) is 5.91 Å². The molecule has 7 heteroatoms. The van der Waals surface area contributed by atoms with Gasteiger partial charge in [0.2, 0.25) is 5.91 Å². The number of nitrogens with two attached hydrogens (primary N) is 1. The minimum atomic E-state index is -0.588. The maximum Gasteiger partial charge on any atom is 0.268 e. The van der Waals surface area contributed by atoms with Crippen molar-refractivity contribution in [3.8, 4) is 0 Å². The smallest absolute Gasteiger partial charge is 0.268 e. The molecule has 0 saturated heterocycles. The number of benzene rings is 1.